The molecule has 1 atom stereocenters. The molecule has 1 saturated carbocycles. The van der Waals surface area contributed by atoms with Crippen molar-refractivity contribution in [3.8, 4) is 5.75 Å². The van der Waals surface area contributed by atoms with Crippen LogP contribution in [0.1, 0.15) is 37.8 Å². The Morgan fingerprint density at radius 3 is 2.67 bits per heavy atom. The third kappa shape index (κ3) is 2.85. The average molecular weight is 248 g/mol. The zero-order valence-electron chi connectivity index (χ0n) is 11.4. The molecule has 0 spiro atoms. The van der Waals surface area contributed by atoms with Crippen LogP contribution < -0.4 is 10.5 Å². The van der Waals surface area contributed by atoms with Gasteiger partial charge in [-0.05, 0) is 31.9 Å². The van der Waals surface area contributed by atoms with Crippen molar-refractivity contribution in [3.63, 3.8) is 0 Å². The highest BCUT2D eigenvalue weighted by Crippen LogP contribution is 2.36. The van der Waals surface area contributed by atoms with Gasteiger partial charge in [0.2, 0.25) is 0 Å². The van der Waals surface area contributed by atoms with E-state index in [0.717, 1.165) is 18.3 Å². The van der Waals surface area contributed by atoms with E-state index in [2.05, 4.69) is 24.0 Å². The summed E-state index contributed by atoms with van der Waals surface area (Å²) in [6, 6.07) is 9.25. The predicted octanol–water partition coefficient (Wildman–Crippen LogP) is 2.57. The summed E-state index contributed by atoms with van der Waals surface area (Å²) in [5.74, 6) is 0.953. The first-order valence-electron chi connectivity index (χ1n) is 6.90. The lowest BCUT2D eigenvalue weighted by atomic mass is 10.0. The zero-order valence-corrected chi connectivity index (χ0v) is 11.4. The Hall–Kier alpha value is -1.06. The lowest BCUT2D eigenvalue weighted by Gasteiger charge is -2.32. The van der Waals surface area contributed by atoms with Crippen molar-refractivity contribution in [1.82, 2.24) is 4.90 Å². The van der Waals surface area contributed by atoms with Crippen LogP contribution in [-0.2, 0) is 0 Å². The summed E-state index contributed by atoms with van der Waals surface area (Å²) < 4.78 is 5.47. The largest absolute Gasteiger partial charge is 0.496 e. The number of hydrogen-bond donors (Lipinski definition) is 1. The SMILES string of the molecule is CCCN(C1CC1)C(CN)c1ccccc1OC. The maximum Gasteiger partial charge on any atom is 0.123 e. The van der Waals surface area contributed by atoms with Gasteiger partial charge in [0.05, 0.1) is 13.2 Å². The highest BCUT2D eigenvalue weighted by molar-refractivity contribution is 5.36. The summed E-state index contributed by atoms with van der Waals surface area (Å²) in [6.45, 7) is 3.99. The number of methoxy groups -OCH3 is 1. The van der Waals surface area contributed by atoms with Crippen LogP contribution in [0.3, 0.4) is 0 Å². The van der Waals surface area contributed by atoms with E-state index in [-0.39, 0.29) is 6.04 Å². The second-order valence-electron chi connectivity index (χ2n) is 4.96. The van der Waals surface area contributed by atoms with E-state index < -0.39 is 0 Å². The fourth-order valence-corrected chi connectivity index (χ4v) is 2.64. The maximum atomic E-state index is 6.03. The van der Waals surface area contributed by atoms with Gasteiger partial charge in [0.15, 0.2) is 0 Å². The summed E-state index contributed by atoms with van der Waals surface area (Å²) in [5, 5.41) is 0. The maximum absolute atomic E-state index is 6.03. The monoisotopic (exact) mass is 248 g/mol. The van der Waals surface area contributed by atoms with E-state index in [1.54, 1.807) is 7.11 Å². The first kappa shape index (κ1) is 13.4. The summed E-state index contributed by atoms with van der Waals surface area (Å²) in [7, 11) is 1.73. The van der Waals surface area contributed by atoms with Crippen molar-refractivity contribution < 1.29 is 4.74 Å². The molecule has 1 aliphatic rings. The van der Waals surface area contributed by atoms with E-state index in [1.807, 2.05) is 12.1 Å². The van der Waals surface area contributed by atoms with Gasteiger partial charge >= 0.3 is 0 Å². The third-order valence-electron chi connectivity index (χ3n) is 3.62. The Morgan fingerprint density at radius 2 is 2.11 bits per heavy atom. The lowest BCUT2D eigenvalue weighted by Crippen LogP contribution is -2.36. The number of hydrogen-bond acceptors (Lipinski definition) is 3. The molecule has 100 valence electrons. The molecule has 18 heavy (non-hydrogen) atoms. The molecule has 0 bridgehead atoms. The molecule has 0 radical (unpaired) electrons. The Labute approximate surface area is 110 Å². The van der Waals surface area contributed by atoms with Crippen molar-refractivity contribution >= 4 is 0 Å². The molecule has 1 unspecified atom stereocenters. The summed E-state index contributed by atoms with van der Waals surface area (Å²) in [6.07, 6.45) is 3.79. The number of nitrogens with zero attached hydrogens (tertiary/aromatic N) is 1. The summed E-state index contributed by atoms with van der Waals surface area (Å²) >= 11 is 0. The molecule has 0 saturated heterocycles. The van der Waals surface area contributed by atoms with Crippen LogP contribution in [0, 0.1) is 0 Å². The molecule has 0 aliphatic heterocycles. The highest BCUT2D eigenvalue weighted by atomic mass is 16.5. The molecule has 2 N–H and O–H groups in total. The van der Waals surface area contributed by atoms with E-state index >= 15 is 0 Å². The topological polar surface area (TPSA) is 38.5 Å². The molecule has 2 rings (SSSR count). The summed E-state index contributed by atoms with van der Waals surface area (Å²) in [5.41, 5.74) is 7.25. The van der Waals surface area contributed by atoms with Crippen LogP contribution in [0.25, 0.3) is 0 Å². The number of benzene rings is 1. The Morgan fingerprint density at radius 1 is 1.39 bits per heavy atom. The van der Waals surface area contributed by atoms with Gasteiger partial charge in [0.25, 0.3) is 0 Å². The Bertz CT molecular complexity index is 377. The number of para-hydroxylation sites is 1. The molecule has 1 aromatic carbocycles. The van der Waals surface area contributed by atoms with Crippen LogP contribution in [-0.4, -0.2) is 31.1 Å². The van der Waals surface area contributed by atoms with E-state index in [4.69, 9.17) is 10.5 Å². The average Bonchev–Trinajstić information content (AvgIpc) is 3.23. The second-order valence-corrected chi connectivity index (χ2v) is 4.96. The minimum Gasteiger partial charge on any atom is -0.496 e. The van der Waals surface area contributed by atoms with Crippen molar-refractivity contribution in [3.05, 3.63) is 29.8 Å². The number of ether oxygens (including phenoxy) is 1. The molecule has 0 aromatic heterocycles. The molecule has 0 heterocycles. The molecule has 0 amide bonds. The van der Waals surface area contributed by atoms with Crippen LogP contribution in [0.15, 0.2) is 24.3 Å². The zero-order chi connectivity index (χ0) is 13.0. The van der Waals surface area contributed by atoms with E-state index in [9.17, 15) is 0 Å². The van der Waals surface area contributed by atoms with E-state index in [1.165, 1.54) is 24.8 Å². The standard InChI is InChI=1S/C15H24N2O/c1-3-10-17(12-8-9-12)14(11-16)13-6-4-5-7-15(13)18-2/h4-7,12,14H,3,8-11,16H2,1-2H3. The Balaban J connectivity index is 2.24. The van der Waals surface area contributed by atoms with Crippen molar-refractivity contribution in [2.45, 2.75) is 38.3 Å². The quantitative estimate of drug-likeness (QED) is 0.806. The molecule has 1 aliphatic carbocycles. The van der Waals surface area contributed by atoms with Crippen molar-refractivity contribution in [1.29, 1.82) is 0 Å². The molecular formula is C15H24N2O. The van der Waals surface area contributed by atoms with Crippen LogP contribution in [0.4, 0.5) is 0 Å². The lowest BCUT2D eigenvalue weighted by molar-refractivity contribution is 0.188. The molecule has 3 nitrogen and oxygen atoms in total. The first-order chi connectivity index (χ1) is 8.81. The number of rotatable bonds is 7. The minimum absolute atomic E-state index is 0.286. The van der Waals surface area contributed by atoms with Gasteiger partial charge in [-0.2, -0.15) is 0 Å². The normalized spacial score (nSPS) is 16.9. The van der Waals surface area contributed by atoms with Gasteiger partial charge < -0.3 is 10.5 Å². The number of nitrogens with two attached hydrogens (primary N) is 1. The molecule has 3 heteroatoms. The van der Waals surface area contributed by atoms with E-state index in [0.29, 0.717) is 6.54 Å². The van der Waals surface area contributed by atoms with Crippen LogP contribution in [0.5, 0.6) is 5.75 Å². The van der Waals surface area contributed by atoms with Gasteiger partial charge in [0, 0.05) is 18.2 Å². The van der Waals surface area contributed by atoms with Gasteiger partial charge in [-0.1, -0.05) is 25.1 Å². The highest BCUT2D eigenvalue weighted by Gasteiger charge is 2.34. The first-order valence-corrected chi connectivity index (χ1v) is 6.90. The van der Waals surface area contributed by atoms with Gasteiger partial charge in [-0.3, -0.25) is 4.90 Å². The van der Waals surface area contributed by atoms with Crippen LogP contribution >= 0.6 is 0 Å². The smallest absolute Gasteiger partial charge is 0.123 e. The van der Waals surface area contributed by atoms with Gasteiger partial charge in [-0.15, -0.1) is 0 Å². The fraction of sp³-hybridized carbons (Fsp3) is 0.600. The van der Waals surface area contributed by atoms with Crippen LogP contribution in [0.2, 0.25) is 0 Å². The third-order valence-corrected chi connectivity index (χ3v) is 3.62. The second kappa shape index (κ2) is 6.21. The van der Waals surface area contributed by atoms with Crippen molar-refractivity contribution in [2.24, 2.45) is 5.73 Å². The van der Waals surface area contributed by atoms with Gasteiger partial charge in [-0.25, -0.2) is 0 Å². The fourth-order valence-electron chi connectivity index (χ4n) is 2.64. The molecule has 1 fully saturated rings. The molecular weight excluding hydrogens is 224 g/mol. The molecule has 1 aromatic rings. The predicted molar refractivity (Wildman–Crippen MR) is 74.8 cm³/mol. The Kier molecular flexibility index (Phi) is 4.61. The minimum atomic E-state index is 0.286. The van der Waals surface area contributed by atoms with Crippen molar-refractivity contribution in [2.75, 3.05) is 20.2 Å². The van der Waals surface area contributed by atoms with Gasteiger partial charge in [0.1, 0.15) is 5.75 Å². The summed E-state index contributed by atoms with van der Waals surface area (Å²) in [4.78, 5) is 2.55.